The van der Waals surface area contributed by atoms with Crippen molar-refractivity contribution in [1.29, 1.82) is 0 Å². The van der Waals surface area contributed by atoms with Gasteiger partial charge >= 0.3 is 0 Å². The van der Waals surface area contributed by atoms with E-state index in [2.05, 4.69) is 15.1 Å². The Bertz CT molecular complexity index is 765. The molecule has 2 aromatic heterocycles. The molecule has 0 saturated heterocycles. The van der Waals surface area contributed by atoms with Crippen LogP contribution in [0.3, 0.4) is 0 Å². The predicted molar refractivity (Wildman–Crippen MR) is 74.1 cm³/mol. The van der Waals surface area contributed by atoms with Gasteiger partial charge in [0.15, 0.2) is 0 Å². The van der Waals surface area contributed by atoms with Crippen LogP contribution in [-0.2, 0) is 0 Å². The van der Waals surface area contributed by atoms with Crippen LogP contribution in [-0.4, -0.2) is 20.2 Å². The van der Waals surface area contributed by atoms with Crippen LogP contribution in [0.5, 0.6) is 5.75 Å². The van der Waals surface area contributed by atoms with E-state index in [4.69, 9.17) is 4.52 Å². The van der Waals surface area contributed by atoms with Crippen LogP contribution in [0.15, 0.2) is 41.1 Å². The number of rotatable bonds is 2. The van der Waals surface area contributed by atoms with E-state index in [0.717, 1.165) is 11.1 Å². The third-order valence-electron chi connectivity index (χ3n) is 3.18. The minimum absolute atomic E-state index is 0.205. The van der Waals surface area contributed by atoms with E-state index in [1.807, 2.05) is 25.1 Å². The van der Waals surface area contributed by atoms with Gasteiger partial charge in [-0.15, -0.1) is 0 Å². The highest BCUT2D eigenvalue weighted by Crippen LogP contribution is 2.29. The molecule has 100 valence electrons. The number of aromatic hydroxyl groups is 1. The van der Waals surface area contributed by atoms with E-state index in [1.165, 1.54) is 0 Å². The second-order valence-electron chi connectivity index (χ2n) is 4.54. The first kappa shape index (κ1) is 12.3. The molecule has 0 saturated carbocycles. The van der Waals surface area contributed by atoms with Crippen LogP contribution in [0.2, 0.25) is 0 Å². The van der Waals surface area contributed by atoms with Gasteiger partial charge in [-0.1, -0.05) is 17.3 Å². The van der Waals surface area contributed by atoms with Crippen LogP contribution in [0.25, 0.3) is 23.0 Å². The molecule has 0 fully saturated rings. The summed E-state index contributed by atoms with van der Waals surface area (Å²) in [7, 11) is 0. The summed E-state index contributed by atoms with van der Waals surface area (Å²) in [6.07, 6.45) is 1.69. The fourth-order valence-corrected chi connectivity index (χ4v) is 2.00. The maximum Gasteiger partial charge on any atom is 0.258 e. The Hall–Kier alpha value is -2.69. The standard InChI is InChI=1S/C15H13N3O2/c1-9-5-4-8-16-13(9)14-17-15(20-18-14)11-6-3-7-12(19)10(11)2/h3-8,19H,1-2H3. The molecular formula is C15H13N3O2. The summed E-state index contributed by atoms with van der Waals surface area (Å²) < 4.78 is 5.28. The van der Waals surface area contributed by atoms with Gasteiger partial charge in [-0.3, -0.25) is 4.98 Å². The number of aromatic nitrogens is 3. The molecule has 5 heteroatoms. The van der Waals surface area contributed by atoms with Gasteiger partial charge in [0.1, 0.15) is 11.4 Å². The Morgan fingerprint density at radius 1 is 1.10 bits per heavy atom. The van der Waals surface area contributed by atoms with Gasteiger partial charge in [-0.2, -0.15) is 4.98 Å². The second-order valence-corrected chi connectivity index (χ2v) is 4.54. The van der Waals surface area contributed by atoms with E-state index in [9.17, 15) is 5.11 Å². The number of benzene rings is 1. The summed E-state index contributed by atoms with van der Waals surface area (Å²) in [6.45, 7) is 3.75. The summed E-state index contributed by atoms with van der Waals surface area (Å²) in [5, 5.41) is 13.7. The molecule has 0 bridgehead atoms. The molecule has 0 atom stereocenters. The Balaban J connectivity index is 2.07. The fraction of sp³-hybridized carbons (Fsp3) is 0.133. The zero-order valence-corrected chi connectivity index (χ0v) is 11.2. The van der Waals surface area contributed by atoms with Gasteiger partial charge in [0.25, 0.3) is 5.89 Å². The number of hydrogen-bond acceptors (Lipinski definition) is 5. The van der Waals surface area contributed by atoms with Crippen molar-refractivity contribution in [2.24, 2.45) is 0 Å². The Kier molecular flexibility index (Phi) is 2.95. The largest absolute Gasteiger partial charge is 0.508 e. The number of pyridine rings is 1. The van der Waals surface area contributed by atoms with Crippen LogP contribution in [0.4, 0.5) is 0 Å². The number of phenols is 1. The van der Waals surface area contributed by atoms with Crippen molar-refractivity contribution < 1.29 is 9.63 Å². The van der Waals surface area contributed by atoms with E-state index in [-0.39, 0.29) is 5.75 Å². The molecule has 3 rings (SSSR count). The van der Waals surface area contributed by atoms with E-state index in [0.29, 0.717) is 23.0 Å². The maximum absolute atomic E-state index is 9.73. The summed E-state index contributed by atoms with van der Waals surface area (Å²) in [5.41, 5.74) is 3.10. The molecule has 3 aromatic rings. The molecule has 1 N–H and O–H groups in total. The first-order valence-corrected chi connectivity index (χ1v) is 6.21. The monoisotopic (exact) mass is 267 g/mol. The van der Waals surface area contributed by atoms with Crippen molar-refractivity contribution in [1.82, 2.24) is 15.1 Å². The van der Waals surface area contributed by atoms with Gasteiger partial charge < -0.3 is 9.63 Å². The first-order valence-electron chi connectivity index (χ1n) is 6.21. The highest BCUT2D eigenvalue weighted by atomic mass is 16.5. The normalized spacial score (nSPS) is 10.7. The number of nitrogens with zero attached hydrogens (tertiary/aromatic N) is 3. The van der Waals surface area contributed by atoms with Crippen molar-refractivity contribution in [3.63, 3.8) is 0 Å². The highest BCUT2D eigenvalue weighted by Gasteiger charge is 2.15. The minimum Gasteiger partial charge on any atom is -0.508 e. The van der Waals surface area contributed by atoms with E-state index < -0.39 is 0 Å². The summed E-state index contributed by atoms with van der Waals surface area (Å²) in [4.78, 5) is 8.62. The lowest BCUT2D eigenvalue weighted by atomic mass is 10.1. The zero-order chi connectivity index (χ0) is 14.1. The van der Waals surface area contributed by atoms with Crippen LogP contribution in [0.1, 0.15) is 11.1 Å². The quantitative estimate of drug-likeness (QED) is 0.772. The lowest BCUT2D eigenvalue weighted by molar-refractivity contribution is 0.430. The van der Waals surface area contributed by atoms with Crippen LogP contribution in [0, 0.1) is 13.8 Å². The third kappa shape index (κ3) is 2.03. The maximum atomic E-state index is 9.73. The van der Waals surface area contributed by atoms with Gasteiger partial charge in [-0.25, -0.2) is 0 Å². The molecule has 1 aromatic carbocycles. The van der Waals surface area contributed by atoms with E-state index >= 15 is 0 Å². The molecule has 0 spiro atoms. The summed E-state index contributed by atoms with van der Waals surface area (Å²) >= 11 is 0. The fourth-order valence-electron chi connectivity index (χ4n) is 2.00. The molecule has 0 aliphatic heterocycles. The molecule has 0 aliphatic carbocycles. The first-order chi connectivity index (χ1) is 9.66. The number of aryl methyl sites for hydroxylation is 1. The zero-order valence-electron chi connectivity index (χ0n) is 11.2. The predicted octanol–water partition coefficient (Wildman–Crippen LogP) is 3.12. The van der Waals surface area contributed by atoms with Gasteiger partial charge in [0.05, 0.1) is 0 Å². The second kappa shape index (κ2) is 4.77. The number of phenolic OH excluding ortho intramolecular Hbond substituents is 1. The SMILES string of the molecule is Cc1cccnc1-c1noc(-c2cccc(O)c2C)n1. The van der Waals surface area contributed by atoms with Crippen molar-refractivity contribution in [3.05, 3.63) is 47.7 Å². The Morgan fingerprint density at radius 2 is 1.95 bits per heavy atom. The van der Waals surface area contributed by atoms with Crippen molar-refractivity contribution >= 4 is 0 Å². The van der Waals surface area contributed by atoms with Crippen LogP contribution < -0.4 is 0 Å². The van der Waals surface area contributed by atoms with Crippen molar-refractivity contribution in [2.75, 3.05) is 0 Å². The molecular weight excluding hydrogens is 254 g/mol. The topological polar surface area (TPSA) is 72.0 Å². The smallest absolute Gasteiger partial charge is 0.258 e. The number of hydrogen-bond donors (Lipinski definition) is 1. The van der Waals surface area contributed by atoms with Crippen LogP contribution >= 0.6 is 0 Å². The molecule has 5 nitrogen and oxygen atoms in total. The molecule has 20 heavy (non-hydrogen) atoms. The van der Waals surface area contributed by atoms with E-state index in [1.54, 1.807) is 25.3 Å². The Labute approximate surface area is 115 Å². The molecule has 2 heterocycles. The van der Waals surface area contributed by atoms with Gasteiger partial charge in [0.2, 0.25) is 5.82 Å². The molecule has 0 radical (unpaired) electrons. The Morgan fingerprint density at radius 3 is 2.75 bits per heavy atom. The summed E-state index contributed by atoms with van der Waals surface area (Å²) in [6, 6.07) is 9.00. The lowest BCUT2D eigenvalue weighted by Crippen LogP contribution is -1.89. The van der Waals surface area contributed by atoms with Gasteiger partial charge in [-0.05, 0) is 37.6 Å². The van der Waals surface area contributed by atoms with Crippen molar-refractivity contribution in [3.8, 4) is 28.7 Å². The average Bonchev–Trinajstić information content (AvgIpc) is 2.92. The highest BCUT2D eigenvalue weighted by molar-refractivity contribution is 5.64. The molecule has 0 aliphatic rings. The lowest BCUT2D eigenvalue weighted by Gasteiger charge is -2.02. The van der Waals surface area contributed by atoms with Crippen molar-refractivity contribution in [2.45, 2.75) is 13.8 Å². The average molecular weight is 267 g/mol. The minimum atomic E-state index is 0.205. The third-order valence-corrected chi connectivity index (χ3v) is 3.18. The molecule has 0 amide bonds. The molecule has 0 unspecified atom stereocenters. The van der Waals surface area contributed by atoms with Gasteiger partial charge in [0, 0.05) is 17.3 Å². The summed E-state index contributed by atoms with van der Waals surface area (Å²) in [5.74, 6) is 1.02.